The van der Waals surface area contributed by atoms with Gasteiger partial charge in [-0.1, -0.05) is 18.2 Å². The van der Waals surface area contributed by atoms with E-state index in [4.69, 9.17) is 0 Å². The lowest BCUT2D eigenvalue weighted by Crippen LogP contribution is -2.22. The summed E-state index contributed by atoms with van der Waals surface area (Å²) in [4.78, 5) is 11.9. The zero-order valence-corrected chi connectivity index (χ0v) is 9.87. The molecule has 0 atom stereocenters. The lowest BCUT2D eigenvalue weighted by molar-refractivity contribution is 0.0954. The van der Waals surface area contributed by atoms with Gasteiger partial charge in [0.2, 0.25) is 0 Å². The minimum atomic E-state index is -0.0180. The van der Waals surface area contributed by atoms with Gasteiger partial charge in [-0.2, -0.15) is 0 Å². The van der Waals surface area contributed by atoms with E-state index in [9.17, 15) is 4.79 Å². The maximum Gasteiger partial charge on any atom is 0.267 e. The predicted octanol–water partition coefficient (Wildman–Crippen LogP) is 2.33. The molecule has 0 aliphatic rings. The normalized spacial score (nSPS) is 10.7. The summed E-state index contributed by atoms with van der Waals surface area (Å²) in [5, 5.41) is 3.85. The van der Waals surface area contributed by atoms with E-state index >= 15 is 0 Å². The van der Waals surface area contributed by atoms with Gasteiger partial charge < -0.3 is 9.88 Å². The number of para-hydroxylation sites is 1. The number of rotatable bonds is 2. The highest BCUT2D eigenvalue weighted by Crippen LogP contribution is 2.25. The zero-order chi connectivity index (χ0) is 11.7. The van der Waals surface area contributed by atoms with Crippen LogP contribution in [-0.4, -0.2) is 17.5 Å². The number of aromatic nitrogens is 1. The summed E-state index contributed by atoms with van der Waals surface area (Å²) >= 11 is 0. The molecule has 16 heavy (non-hydrogen) atoms. The number of benzene rings is 1. The molecular formula is C13H16N2O. The minimum Gasteiger partial charge on any atom is -0.354 e. The minimum absolute atomic E-state index is 0.0180. The summed E-state index contributed by atoms with van der Waals surface area (Å²) in [6.45, 7) is 4.86. The Kier molecular flexibility index (Phi) is 2.69. The maximum atomic E-state index is 11.9. The topological polar surface area (TPSA) is 34.0 Å². The number of aryl methyl sites for hydroxylation is 2. The molecule has 0 fully saturated rings. The van der Waals surface area contributed by atoms with Crippen LogP contribution in [0.3, 0.4) is 0 Å². The van der Waals surface area contributed by atoms with Crippen molar-refractivity contribution in [1.82, 2.24) is 9.88 Å². The van der Waals surface area contributed by atoms with Crippen molar-refractivity contribution >= 4 is 16.8 Å². The molecule has 0 saturated carbocycles. The van der Waals surface area contributed by atoms with Gasteiger partial charge in [-0.15, -0.1) is 0 Å². The fourth-order valence-corrected chi connectivity index (χ4v) is 2.22. The maximum absolute atomic E-state index is 11.9. The lowest BCUT2D eigenvalue weighted by atomic mass is 10.1. The third kappa shape index (κ3) is 1.40. The largest absolute Gasteiger partial charge is 0.354 e. The molecule has 2 rings (SSSR count). The Labute approximate surface area is 95.1 Å². The second kappa shape index (κ2) is 4.00. The first-order chi connectivity index (χ1) is 7.70. The number of carbonyl (C=O) groups excluding carboxylic acids is 1. The third-order valence-corrected chi connectivity index (χ3v) is 2.98. The monoisotopic (exact) mass is 216 g/mol. The molecule has 3 nitrogen and oxygen atoms in total. The van der Waals surface area contributed by atoms with Crippen molar-refractivity contribution < 1.29 is 4.79 Å². The van der Waals surface area contributed by atoms with Gasteiger partial charge in [0.15, 0.2) is 0 Å². The second-order valence-electron chi connectivity index (χ2n) is 3.81. The van der Waals surface area contributed by atoms with Gasteiger partial charge in [-0.25, -0.2) is 0 Å². The Balaban J connectivity index is 2.81. The Morgan fingerprint density at radius 1 is 1.38 bits per heavy atom. The van der Waals surface area contributed by atoms with Crippen LogP contribution in [0.2, 0.25) is 0 Å². The summed E-state index contributed by atoms with van der Waals surface area (Å²) < 4.78 is 2.06. The Bertz CT molecular complexity index is 540. The molecule has 0 spiro atoms. The molecule has 1 aromatic carbocycles. The van der Waals surface area contributed by atoms with E-state index in [1.54, 1.807) is 7.05 Å². The van der Waals surface area contributed by atoms with Crippen LogP contribution in [0.1, 0.15) is 23.0 Å². The smallest absolute Gasteiger partial charge is 0.267 e. The van der Waals surface area contributed by atoms with E-state index in [1.807, 2.05) is 19.1 Å². The molecule has 0 aliphatic carbocycles. The van der Waals surface area contributed by atoms with Crippen LogP contribution < -0.4 is 5.32 Å². The molecule has 0 saturated heterocycles. The van der Waals surface area contributed by atoms with Crippen LogP contribution in [0.4, 0.5) is 0 Å². The van der Waals surface area contributed by atoms with Crippen molar-refractivity contribution in [3.8, 4) is 0 Å². The predicted molar refractivity (Wildman–Crippen MR) is 65.7 cm³/mol. The molecule has 1 N–H and O–H groups in total. The van der Waals surface area contributed by atoms with Crippen molar-refractivity contribution in [3.05, 3.63) is 35.5 Å². The van der Waals surface area contributed by atoms with E-state index in [2.05, 4.69) is 28.9 Å². The molecule has 1 amide bonds. The van der Waals surface area contributed by atoms with Crippen LogP contribution in [0, 0.1) is 6.92 Å². The van der Waals surface area contributed by atoms with Crippen molar-refractivity contribution in [2.75, 3.05) is 7.05 Å². The van der Waals surface area contributed by atoms with E-state index in [0.717, 1.165) is 28.7 Å². The average Bonchev–Trinajstić information content (AvgIpc) is 2.62. The quantitative estimate of drug-likeness (QED) is 0.821. The van der Waals surface area contributed by atoms with Crippen molar-refractivity contribution in [2.45, 2.75) is 20.4 Å². The van der Waals surface area contributed by atoms with Crippen LogP contribution in [0.25, 0.3) is 10.9 Å². The first-order valence-corrected chi connectivity index (χ1v) is 5.50. The summed E-state index contributed by atoms with van der Waals surface area (Å²) in [5.74, 6) is -0.0180. The van der Waals surface area contributed by atoms with Crippen molar-refractivity contribution in [1.29, 1.82) is 0 Å². The fourth-order valence-electron chi connectivity index (χ4n) is 2.22. The highest BCUT2D eigenvalue weighted by Gasteiger charge is 2.17. The Hall–Kier alpha value is -1.77. The number of nitrogens with one attached hydrogen (secondary N) is 1. The number of amides is 1. The summed E-state index contributed by atoms with van der Waals surface area (Å²) in [5.41, 5.74) is 2.95. The van der Waals surface area contributed by atoms with Crippen LogP contribution in [0.15, 0.2) is 24.3 Å². The molecule has 1 aromatic heterocycles. The van der Waals surface area contributed by atoms with Crippen molar-refractivity contribution in [3.63, 3.8) is 0 Å². The van der Waals surface area contributed by atoms with E-state index in [1.165, 1.54) is 0 Å². The molecular weight excluding hydrogens is 200 g/mol. The molecule has 1 heterocycles. The highest BCUT2D eigenvalue weighted by atomic mass is 16.1. The number of carbonyl (C=O) groups is 1. The Morgan fingerprint density at radius 2 is 2.06 bits per heavy atom. The Morgan fingerprint density at radius 3 is 2.69 bits per heavy atom. The van der Waals surface area contributed by atoms with Gasteiger partial charge in [0.05, 0.1) is 0 Å². The highest BCUT2D eigenvalue weighted by molar-refractivity contribution is 6.01. The van der Waals surface area contributed by atoms with Gasteiger partial charge in [0.1, 0.15) is 5.69 Å². The van der Waals surface area contributed by atoms with Crippen LogP contribution in [0.5, 0.6) is 0 Å². The van der Waals surface area contributed by atoms with Gasteiger partial charge in [-0.3, -0.25) is 4.79 Å². The van der Waals surface area contributed by atoms with E-state index in [-0.39, 0.29) is 5.91 Å². The van der Waals surface area contributed by atoms with E-state index < -0.39 is 0 Å². The molecule has 0 bridgehead atoms. The fraction of sp³-hybridized carbons (Fsp3) is 0.308. The van der Waals surface area contributed by atoms with Crippen LogP contribution >= 0.6 is 0 Å². The third-order valence-electron chi connectivity index (χ3n) is 2.98. The van der Waals surface area contributed by atoms with Gasteiger partial charge in [0, 0.05) is 24.5 Å². The first-order valence-electron chi connectivity index (χ1n) is 5.50. The van der Waals surface area contributed by atoms with Gasteiger partial charge in [-0.05, 0) is 25.5 Å². The molecule has 0 aliphatic heterocycles. The summed E-state index contributed by atoms with van der Waals surface area (Å²) in [6, 6.07) is 8.12. The summed E-state index contributed by atoms with van der Waals surface area (Å²) in [6.07, 6.45) is 0. The van der Waals surface area contributed by atoms with Crippen molar-refractivity contribution in [2.24, 2.45) is 0 Å². The van der Waals surface area contributed by atoms with Gasteiger partial charge in [0.25, 0.3) is 5.91 Å². The number of hydrogen-bond donors (Lipinski definition) is 1. The number of fused-ring (bicyclic) bond motifs is 1. The zero-order valence-electron chi connectivity index (χ0n) is 9.87. The SMILES string of the molecule is CCn1c(C(=O)NC)c(C)c2ccccc21. The average molecular weight is 216 g/mol. The van der Waals surface area contributed by atoms with Gasteiger partial charge >= 0.3 is 0 Å². The molecule has 0 radical (unpaired) electrons. The first kappa shape index (κ1) is 10.7. The second-order valence-corrected chi connectivity index (χ2v) is 3.81. The number of hydrogen-bond acceptors (Lipinski definition) is 1. The molecule has 84 valence electrons. The number of nitrogens with zero attached hydrogens (tertiary/aromatic N) is 1. The standard InChI is InChI=1S/C13H16N2O/c1-4-15-11-8-6-5-7-10(11)9(2)12(15)13(16)14-3/h5-8H,4H2,1-3H3,(H,14,16). The molecule has 3 heteroatoms. The van der Waals surface area contributed by atoms with E-state index in [0.29, 0.717) is 0 Å². The summed E-state index contributed by atoms with van der Waals surface area (Å²) in [7, 11) is 1.67. The molecule has 2 aromatic rings. The van der Waals surface area contributed by atoms with Crippen LogP contribution in [-0.2, 0) is 6.54 Å². The lowest BCUT2D eigenvalue weighted by Gasteiger charge is -2.06. The molecule has 0 unspecified atom stereocenters.